The molecule has 0 unspecified atom stereocenters. The van der Waals surface area contributed by atoms with E-state index in [1.807, 2.05) is 19.0 Å². The Hall–Kier alpha value is -1.17. The summed E-state index contributed by atoms with van der Waals surface area (Å²) in [5.41, 5.74) is -0.00954. The molecule has 1 aliphatic rings. The summed E-state index contributed by atoms with van der Waals surface area (Å²) in [7, 11) is 3.91. The van der Waals surface area contributed by atoms with Crippen LogP contribution in [-0.4, -0.2) is 61.2 Å². The van der Waals surface area contributed by atoms with Gasteiger partial charge in [-0.05, 0) is 38.2 Å². The van der Waals surface area contributed by atoms with Gasteiger partial charge in [-0.3, -0.25) is 4.79 Å². The molecule has 1 N–H and O–H groups in total. The monoisotopic (exact) mass is 314 g/mol. The molecule has 1 amide bonds. The number of amides is 1. The van der Waals surface area contributed by atoms with Crippen LogP contribution in [-0.2, 0) is 0 Å². The van der Waals surface area contributed by atoms with Crippen LogP contribution in [0.5, 0.6) is 0 Å². The second-order valence-electron chi connectivity index (χ2n) is 5.80. The van der Waals surface area contributed by atoms with E-state index in [0.29, 0.717) is 18.1 Å². The van der Waals surface area contributed by atoms with Crippen molar-refractivity contribution in [2.24, 2.45) is 11.8 Å². The molecule has 0 spiro atoms. The van der Waals surface area contributed by atoms with Crippen molar-refractivity contribution in [3.8, 4) is 0 Å². The minimum atomic E-state index is -0.569. The number of hydrogen-bond donors (Lipinski definition) is 1. The van der Waals surface area contributed by atoms with E-state index < -0.39 is 5.82 Å². The highest BCUT2D eigenvalue weighted by atomic mass is 35.5. The van der Waals surface area contributed by atoms with Gasteiger partial charge in [0.1, 0.15) is 5.82 Å². The molecule has 2 atom stereocenters. The molecule has 1 aliphatic heterocycles. The van der Waals surface area contributed by atoms with Crippen LogP contribution in [0.4, 0.5) is 4.39 Å². The average Bonchev–Trinajstić information content (AvgIpc) is 2.83. The first-order valence-electron chi connectivity index (χ1n) is 6.92. The lowest BCUT2D eigenvalue weighted by Gasteiger charge is -2.20. The summed E-state index contributed by atoms with van der Waals surface area (Å²) in [4.78, 5) is 16.1. The molecular weight excluding hydrogens is 295 g/mol. The lowest BCUT2D eigenvalue weighted by atomic mass is 9.97. The number of halogens is 2. The molecule has 0 bridgehead atoms. The van der Waals surface area contributed by atoms with E-state index in [2.05, 4.69) is 0 Å². The molecule has 1 heterocycles. The molecule has 2 rings (SSSR count). The Balaban J connectivity index is 2.15. The quantitative estimate of drug-likeness (QED) is 0.920. The third-order valence-electron chi connectivity index (χ3n) is 3.86. The summed E-state index contributed by atoms with van der Waals surface area (Å²) < 4.78 is 13.8. The Labute approximate surface area is 129 Å². The normalized spacial score (nSPS) is 22.1. The fourth-order valence-electron chi connectivity index (χ4n) is 2.82. The number of nitrogens with zero attached hydrogens (tertiary/aromatic N) is 2. The van der Waals surface area contributed by atoms with Gasteiger partial charge in [0.25, 0.3) is 5.91 Å². The topological polar surface area (TPSA) is 43.8 Å². The van der Waals surface area contributed by atoms with Crippen molar-refractivity contribution >= 4 is 17.5 Å². The van der Waals surface area contributed by atoms with Crippen LogP contribution in [0, 0.1) is 17.7 Å². The van der Waals surface area contributed by atoms with Crippen LogP contribution >= 0.6 is 11.6 Å². The van der Waals surface area contributed by atoms with Crippen molar-refractivity contribution in [3.63, 3.8) is 0 Å². The van der Waals surface area contributed by atoms with Gasteiger partial charge in [-0.15, -0.1) is 0 Å². The van der Waals surface area contributed by atoms with Crippen LogP contribution in [0.1, 0.15) is 10.4 Å². The molecule has 1 aromatic carbocycles. The Morgan fingerprint density at radius 1 is 1.43 bits per heavy atom. The lowest BCUT2D eigenvalue weighted by Crippen LogP contribution is -2.31. The maximum absolute atomic E-state index is 13.8. The zero-order chi connectivity index (χ0) is 15.6. The van der Waals surface area contributed by atoms with E-state index >= 15 is 0 Å². The highest BCUT2D eigenvalue weighted by Crippen LogP contribution is 2.26. The maximum Gasteiger partial charge on any atom is 0.256 e. The minimum absolute atomic E-state index is 0.00954. The molecule has 1 aromatic rings. The molecular formula is C15H20ClFN2O2. The van der Waals surface area contributed by atoms with Gasteiger partial charge >= 0.3 is 0 Å². The third-order valence-corrected chi connectivity index (χ3v) is 4.09. The highest BCUT2D eigenvalue weighted by Gasteiger charge is 2.35. The van der Waals surface area contributed by atoms with Gasteiger partial charge in [-0.1, -0.05) is 11.6 Å². The smallest absolute Gasteiger partial charge is 0.256 e. The molecule has 21 heavy (non-hydrogen) atoms. The number of carbonyl (C=O) groups excluding carboxylic acids is 1. The predicted molar refractivity (Wildman–Crippen MR) is 79.9 cm³/mol. The zero-order valence-corrected chi connectivity index (χ0v) is 13.0. The van der Waals surface area contributed by atoms with Crippen LogP contribution in [0.25, 0.3) is 0 Å². The first kappa shape index (κ1) is 16.2. The fraction of sp³-hybridized carbons (Fsp3) is 0.533. The predicted octanol–water partition coefficient (Wildman–Crippen LogP) is 1.72. The molecule has 0 radical (unpaired) electrons. The molecule has 6 heteroatoms. The van der Waals surface area contributed by atoms with Crippen LogP contribution in [0.2, 0.25) is 5.02 Å². The molecule has 0 aliphatic carbocycles. The number of likely N-dealkylation sites (tertiary alicyclic amines) is 1. The summed E-state index contributed by atoms with van der Waals surface area (Å²) in [5, 5.41) is 9.80. The lowest BCUT2D eigenvalue weighted by molar-refractivity contribution is 0.0775. The third kappa shape index (κ3) is 3.73. The van der Waals surface area contributed by atoms with Crippen molar-refractivity contribution in [1.82, 2.24) is 9.80 Å². The summed E-state index contributed by atoms with van der Waals surface area (Å²) in [5.74, 6) is -0.717. The SMILES string of the molecule is CN(C)C[C@@H]1CN(C(=O)c2cc(Cl)ccc2F)C[C@@H]1CO. The Morgan fingerprint density at radius 2 is 2.10 bits per heavy atom. The van der Waals surface area contributed by atoms with E-state index in [0.717, 1.165) is 6.54 Å². The number of hydrogen-bond acceptors (Lipinski definition) is 3. The van der Waals surface area contributed by atoms with Gasteiger partial charge in [0, 0.05) is 37.2 Å². The van der Waals surface area contributed by atoms with E-state index in [-0.39, 0.29) is 29.9 Å². The highest BCUT2D eigenvalue weighted by molar-refractivity contribution is 6.31. The van der Waals surface area contributed by atoms with Crippen molar-refractivity contribution in [2.45, 2.75) is 0 Å². The van der Waals surface area contributed by atoms with Gasteiger partial charge in [-0.2, -0.15) is 0 Å². The van der Waals surface area contributed by atoms with Gasteiger partial charge < -0.3 is 14.9 Å². The van der Waals surface area contributed by atoms with Gasteiger partial charge in [0.05, 0.1) is 5.56 Å². The molecule has 1 saturated heterocycles. The average molecular weight is 315 g/mol. The number of aliphatic hydroxyl groups excluding tert-OH is 1. The number of rotatable bonds is 4. The summed E-state index contributed by atoms with van der Waals surface area (Å²) >= 11 is 5.84. The standard InChI is InChI=1S/C15H20ClFN2O2/c1-18(2)6-10-7-19(8-11(10)9-20)15(21)13-5-12(16)3-4-14(13)17/h3-5,10-11,20H,6-9H2,1-2H3/t10-,11-/m1/s1. The van der Waals surface area contributed by atoms with Crippen molar-refractivity contribution in [2.75, 3.05) is 40.3 Å². The van der Waals surface area contributed by atoms with E-state index in [4.69, 9.17) is 11.6 Å². The second-order valence-corrected chi connectivity index (χ2v) is 6.24. The van der Waals surface area contributed by atoms with E-state index in [1.54, 1.807) is 4.90 Å². The summed E-state index contributed by atoms with van der Waals surface area (Å²) in [6, 6.07) is 3.97. The van der Waals surface area contributed by atoms with Crippen LogP contribution in [0.15, 0.2) is 18.2 Å². The van der Waals surface area contributed by atoms with Crippen molar-refractivity contribution in [1.29, 1.82) is 0 Å². The number of aliphatic hydroxyl groups is 1. The first-order valence-corrected chi connectivity index (χ1v) is 7.30. The Bertz CT molecular complexity index is 524. The summed E-state index contributed by atoms with van der Waals surface area (Å²) in [6.07, 6.45) is 0. The Morgan fingerprint density at radius 3 is 2.71 bits per heavy atom. The van der Waals surface area contributed by atoms with Crippen LogP contribution in [0.3, 0.4) is 0 Å². The first-order chi connectivity index (χ1) is 9.92. The largest absolute Gasteiger partial charge is 0.396 e. The molecule has 1 fully saturated rings. The minimum Gasteiger partial charge on any atom is -0.396 e. The fourth-order valence-corrected chi connectivity index (χ4v) is 2.99. The van der Waals surface area contributed by atoms with E-state index in [9.17, 15) is 14.3 Å². The molecule has 116 valence electrons. The molecule has 0 aromatic heterocycles. The van der Waals surface area contributed by atoms with Gasteiger partial charge in [-0.25, -0.2) is 4.39 Å². The second kappa shape index (κ2) is 6.73. The van der Waals surface area contributed by atoms with Crippen molar-refractivity contribution in [3.05, 3.63) is 34.6 Å². The summed E-state index contributed by atoms with van der Waals surface area (Å²) in [6.45, 7) is 1.78. The van der Waals surface area contributed by atoms with Crippen molar-refractivity contribution < 1.29 is 14.3 Å². The van der Waals surface area contributed by atoms with Crippen LogP contribution < -0.4 is 0 Å². The van der Waals surface area contributed by atoms with Gasteiger partial charge in [0.2, 0.25) is 0 Å². The number of carbonyl (C=O) groups is 1. The number of benzene rings is 1. The zero-order valence-electron chi connectivity index (χ0n) is 12.2. The molecule has 4 nitrogen and oxygen atoms in total. The Kier molecular flexibility index (Phi) is 5.19. The maximum atomic E-state index is 13.8. The molecule has 0 saturated carbocycles. The van der Waals surface area contributed by atoms with E-state index in [1.165, 1.54) is 18.2 Å². The van der Waals surface area contributed by atoms with Gasteiger partial charge in [0.15, 0.2) is 0 Å².